The standard InChI is InChI=1S/C16H18ClN3OS/c1-3-16-5-4-6-20(16)14(21)10-7-11(22-13(10)16)12-9(2)8-18-15(17)19-12/h7-8,12H,3-6H2,1-2H3,(H,18,19). The second kappa shape index (κ2) is 4.83. The fourth-order valence-electron chi connectivity index (χ4n) is 3.94. The number of hydrogen-bond donors (Lipinski definition) is 1. The van der Waals surface area contributed by atoms with Crippen LogP contribution in [0.25, 0.3) is 0 Å². The Bertz CT molecular complexity index is 723. The zero-order chi connectivity index (χ0) is 15.5. The molecule has 4 nitrogen and oxygen atoms in total. The molecule has 1 aromatic heterocycles. The Morgan fingerprint density at radius 1 is 1.59 bits per heavy atom. The van der Waals surface area contributed by atoms with Gasteiger partial charge in [0.05, 0.1) is 17.1 Å². The summed E-state index contributed by atoms with van der Waals surface area (Å²) in [7, 11) is 0. The largest absolute Gasteiger partial charge is 0.349 e. The third kappa shape index (κ3) is 1.75. The van der Waals surface area contributed by atoms with Gasteiger partial charge in [-0.05, 0) is 49.4 Å². The van der Waals surface area contributed by atoms with E-state index in [1.807, 2.05) is 6.92 Å². The molecule has 1 N–H and O–H groups in total. The summed E-state index contributed by atoms with van der Waals surface area (Å²) in [5.74, 6) is 0.203. The third-order valence-electron chi connectivity index (χ3n) is 5.11. The maximum absolute atomic E-state index is 12.7. The van der Waals surface area contributed by atoms with E-state index >= 15 is 0 Å². The average Bonchev–Trinajstić information content (AvgIpc) is 3.16. The minimum atomic E-state index is -0.0560. The molecule has 0 aromatic carbocycles. The first kappa shape index (κ1) is 14.3. The van der Waals surface area contributed by atoms with E-state index < -0.39 is 0 Å². The van der Waals surface area contributed by atoms with E-state index in [4.69, 9.17) is 11.6 Å². The monoisotopic (exact) mass is 335 g/mol. The van der Waals surface area contributed by atoms with E-state index in [9.17, 15) is 4.79 Å². The molecule has 3 aliphatic rings. The molecule has 2 atom stereocenters. The van der Waals surface area contributed by atoms with Gasteiger partial charge in [0.25, 0.3) is 5.91 Å². The van der Waals surface area contributed by atoms with Crippen molar-refractivity contribution in [3.8, 4) is 0 Å². The lowest BCUT2D eigenvalue weighted by molar-refractivity contribution is 0.0656. The van der Waals surface area contributed by atoms with Crippen LogP contribution in [0, 0.1) is 0 Å². The highest BCUT2D eigenvalue weighted by Crippen LogP contribution is 2.52. The third-order valence-corrected chi connectivity index (χ3v) is 6.71. The van der Waals surface area contributed by atoms with Gasteiger partial charge in [0.15, 0.2) is 5.29 Å². The second-order valence-corrected chi connectivity index (χ2v) is 7.65. The SMILES string of the molecule is CCC12CCCN1C(=O)c1cc(C3NC(Cl)=NC=C3C)sc12. The van der Waals surface area contributed by atoms with Crippen molar-refractivity contribution in [1.29, 1.82) is 0 Å². The van der Waals surface area contributed by atoms with Crippen molar-refractivity contribution in [3.63, 3.8) is 0 Å². The van der Waals surface area contributed by atoms with Crippen LogP contribution in [0.5, 0.6) is 0 Å². The van der Waals surface area contributed by atoms with Crippen molar-refractivity contribution in [1.82, 2.24) is 10.2 Å². The number of halogens is 1. The highest BCUT2D eigenvalue weighted by molar-refractivity contribution is 7.12. The smallest absolute Gasteiger partial charge is 0.255 e. The van der Waals surface area contributed by atoms with Crippen LogP contribution >= 0.6 is 22.9 Å². The molecule has 22 heavy (non-hydrogen) atoms. The normalized spacial score (nSPS) is 29.9. The van der Waals surface area contributed by atoms with Crippen LogP contribution in [0.3, 0.4) is 0 Å². The van der Waals surface area contributed by atoms with E-state index in [1.54, 1.807) is 17.5 Å². The lowest BCUT2D eigenvalue weighted by Gasteiger charge is -2.31. The van der Waals surface area contributed by atoms with E-state index in [2.05, 4.69) is 28.2 Å². The first-order chi connectivity index (χ1) is 10.6. The summed E-state index contributed by atoms with van der Waals surface area (Å²) < 4.78 is 0. The molecule has 3 aliphatic heterocycles. The maximum atomic E-state index is 12.7. The van der Waals surface area contributed by atoms with E-state index in [0.717, 1.165) is 41.8 Å². The van der Waals surface area contributed by atoms with Gasteiger partial charge in [-0.3, -0.25) is 4.79 Å². The molecule has 2 unspecified atom stereocenters. The second-order valence-electron chi connectivity index (χ2n) is 6.21. The number of fused-ring (bicyclic) bond motifs is 3. The number of amidine groups is 1. The molecule has 1 saturated heterocycles. The molecule has 6 heteroatoms. The molecule has 0 bridgehead atoms. The van der Waals surface area contributed by atoms with Crippen molar-refractivity contribution >= 4 is 34.1 Å². The molecule has 4 rings (SSSR count). The molecular formula is C16H18ClN3OS. The first-order valence-corrected chi connectivity index (χ1v) is 8.89. The summed E-state index contributed by atoms with van der Waals surface area (Å²) in [4.78, 5) is 21.3. The van der Waals surface area contributed by atoms with Gasteiger partial charge in [0.1, 0.15) is 0 Å². The molecule has 1 amide bonds. The van der Waals surface area contributed by atoms with Crippen LogP contribution in [0.2, 0.25) is 0 Å². The van der Waals surface area contributed by atoms with E-state index in [0.29, 0.717) is 5.29 Å². The summed E-state index contributed by atoms with van der Waals surface area (Å²) in [6.45, 7) is 5.12. The van der Waals surface area contributed by atoms with Crippen LogP contribution < -0.4 is 5.32 Å². The fourth-order valence-corrected chi connectivity index (χ4v) is 5.68. The number of carbonyl (C=O) groups is 1. The lowest BCUT2D eigenvalue weighted by atomic mass is 9.92. The van der Waals surface area contributed by atoms with Gasteiger partial charge in [-0.2, -0.15) is 0 Å². The highest BCUT2D eigenvalue weighted by Gasteiger charge is 2.52. The Labute approximate surface area is 138 Å². The highest BCUT2D eigenvalue weighted by atomic mass is 35.5. The fraction of sp³-hybridized carbons (Fsp3) is 0.500. The van der Waals surface area contributed by atoms with Crippen molar-refractivity contribution in [2.45, 2.75) is 44.7 Å². The number of thiophene rings is 1. The van der Waals surface area contributed by atoms with Crippen LogP contribution in [0.1, 0.15) is 59.3 Å². The molecular weight excluding hydrogens is 318 g/mol. The molecule has 1 aromatic rings. The minimum absolute atomic E-state index is 0.0251. The maximum Gasteiger partial charge on any atom is 0.255 e. The van der Waals surface area contributed by atoms with Gasteiger partial charge in [0, 0.05) is 22.5 Å². The molecule has 1 fully saturated rings. The predicted molar refractivity (Wildman–Crippen MR) is 89.5 cm³/mol. The number of aliphatic imine (C=N–C) groups is 1. The molecule has 116 valence electrons. The van der Waals surface area contributed by atoms with Crippen LogP contribution in [-0.2, 0) is 5.54 Å². The van der Waals surface area contributed by atoms with Crippen molar-refractivity contribution in [3.05, 3.63) is 33.2 Å². The topological polar surface area (TPSA) is 44.7 Å². The van der Waals surface area contributed by atoms with Gasteiger partial charge < -0.3 is 10.2 Å². The molecule has 0 radical (unpaired) electrons. The van der Waals surface area contributed by atoms with Gasteiger partial charge in [-0.15, -0.1) is 11.3 Å². The Hall–Kier alpha value is -1.33. The zero-order valence-corrected chi connectivity index (χ0v) is 14.2. The number of hydrogen-bond acceptors (Lipinski definition) is 4. The van der Waals surface area contributed by atoms with Crippen molar-refractivity contribution in [2.75, 3.05) is 6.54 Å². The first-order valence-electron chi connectivity index (χ1n) is 7.69. The zero-order valence-electron chi connectivity index (χ0n) is 12.6. The predicted octanol–water partition coefficient (Wildman–Crippen LogP) is 3.75. The number of amides is 1. The minimum Gasteiger partial charge on any atom is -0.349 e. The average molecular weight is 336 g/mol. The summed E-state index contributed by atoms with van der Waals surface area (Å²) in [6.07, 6.45) is 4.97. The van der Waals surface area contributed by atoms with Gasteiger partial charge >= 0.3 is 0 Å². The van der Waals surface area contributed by atoms with Crippen LogP contribution in [0.4, 0.5) is 0 Å². The summed E-state index contributed by atoms with van der Waals surface area (Å²) in [6, 6.07) is 2.08. The van der Waals surface area contributed by atoms with Gasteiger partial charge in [-0.25, -0.2) is 4.99 Å². The Morgan fingerprint density at radius 2 is 2.41 bits per heavy atom. The summed E-state index contributed by atoms with van der Waals surface area (Å²) >= 11 is 7.78. The van der Waals surface area contributed by atoms with Crippen molar-refractivity contribution < 1.29 is 4.79 Å². The number of nitrogens with one attached hydrogen (secondary N) is 1. The molecule has 4 heterocycles. The van der Waals surface area contributed by atoms with Gasteiger partial charge in [0.2, 0.25) is 0 Å². The Morgan fingerprint density at radius 3 is 3.18 bits per heavy atom. The Balaban J connectivity index is 1.78. The number of rotatable bonds is 2. The van der Waals surface area contributed by atoms with Crippen LogP contribution in [-0.4, -0.2) is 22.6 Å². The molecule has 0 spiro atoms. The number of carbonyl (C=O) groups excluding carboxylic acids is 1. The summed E-state index contributed by atoms with van der Waals surface area (Å²) in [5, 5.41) is 3.61. The molecule has 0 saturated carbocycles. The van der Waals surface area contributed by atoms with Crippen LogP contribution in [0.15, 0.2) is 22.8 Å². The summed E-state index contributed by atoms with van der Waals surface area (Å²) in [5.41, 5.74) is 1.96. The van der Waals surface area contributed by atoms with E-state index in [-0.39, 0.29) is 17.5 Å². The Kier molecular flexibility index (Phi) is 3.13. The lowest BCUT2D eigenvalue weighted by Crippen LogP contribution is -2.37. The molecule has 0 aliphatic carbocycles. The van der Waals surface area contributed by atoms with E-state index in [1.165, 1.54) is 4.88 Å². The quantitative estimate of drug-likeness (QED) is 0.837. The number of nitrogens with zero attached hydrogens (tertiary/aromatic N) is 2. The van der Waals surface area contributed by atoms with Crippen molar-refractivity contribution in [2.24, 2.45) is 4.99 Å². The van der Waals surface area contributed by atoms with Gasteiger partial charge in [-0.1, -0.05) is 6.92 Å².